The summed E-state index contributed by atoms with van der Waals surface area (Å²) in [5.41, 5.74) is 4.86. The second-order valence-corrected chi connectivity index (χ2v) is 10.4. The number of benzene rings is 2. The van der Waals surface area contributed by atoms with Gasteiger partial charge in [0.15, 0.2) is 0 Å². The standard InChI is InChI=1S/C30H43ClN2O2/c1-3-4-5-6-19-33(30(35)25-10-14-27(31)15-11-25)28-16-12-24(13-17-28)29-18-9-23(8-7-20-34)21-26(29)22-32-2/h9-11,14-15,18,21,24,28,32,34H,3-8,12-13,16-17,19-20,22H2,1-2H3. The van der Waals surface area contributed by atoms with E-state index in [9.17, 15) is 9.90 Å². The zero-order valence-electron chi connectivity index (χ0n) is 21.6. The van der Waals surface area contributed by atoms with E-state index in [-0.39, 0.29) is 12.5 Å². The molecule has 1 saturated carbocycles. The third-order valence-electron chi connectivity index (χ3n) is 7.38. The van der Waals surface area contributed by atoms with E-state index in [1.807, 2.05) is 31.3 Å². The summed E-state index contributed by atoms with van der Waals surface area (Å²) in [5, 5.41) is 13.2. The Morgan fingerprint density at radius 2 is 1.77 bits per heavy atom. The maximum absolute atomic E-state index is 13.5. The predicted octanol–water partition coefficient (Wildman–Crippen LogP) is 6.73. The number of aryl methyl sites for hydroxylation is 1. The molecule has 5 heteroatoms. The molecule has 4 nitrogen and oxygen atoms in total. The quantitative estimate of drug-likeness (QED) is 0.301. The maximum Gasteiger partial charge on any atom is 0.254 e. The van der Waals surface area contributed by atoms with Crippen molar-refractivity contribution in [3.63, 3.8) is 0 Å². The largest absolute Gasteiger partial charge is 0.396 e. The lowest BCUT2D eigenvalue weighted by Gasteiger charge is -2.38. The Labute approximate surface area is 217 Å². The van der Waals surface area contributed by atoms with Crippen molar-refractivity contribution in [2.75, 3.05) is 20.2 Å². The Kier molecular flexibility index (Phi) is 11.6. The first-order valence-corrected chi connectivity index (χ1v) is 13.9. The monoisotopic (exact) mass is 498 g/mol. The topological polar surface area (TPSA) is 52.6 Å². The molecule has 0 aromatic heterocycles. The fourth-order valence-electron chi connectivity index (χ4n) is 5.46. The molecule has 1 aliphatic rings. The van der Waals surface area contributed by atoms with E-state index >= 15 is 0 Å². The number of hydrogen-bond donors (Lipinski definition) is 2. The van der Waals surface area contributed by atoms with Crippen LogP contribution >= 0.6 is 11.6 Å². The Morgan fingerprint density at radius 3 is 2.43 bits per heavy atom. The molecule has 1 aliphatic carbocycles. The second-order valence-electron chi connectivity index (χ2n) is 9.96. The molecule has 0 atom stereocenters. The lowest BCUT2D eigenvalue weighted by Crippen LogP contribution is -2.43. The van der Waals surface area contributed by atoms with Crippen LogP contribution in [0.2, 0.25) is 5.02 Å². The van der Waals surface area contributed by atoms with E-state index < -0.39 is 0 Å². The zero-order valence-corrected chi connectivity index (χ0v) is 22.3. The first-order valence-electron chi connectivity index (χ1n) is 13.5. The Morgan fingerprint density at radius 1 is 1.03 bits per heavy atom. The highest BCUT2D eigenvalue weighted by Gasteiger charge is 2.30. The molecule has 3 rings (SSSR count). The third-order valence-corrected chi connectivity index (χ3v) is 7.63. The summed E-state index contributed by atoms with van der Waals surface area (Å²) in [6.45, 7) is 4.15. The van der Waals surface area contributed by atoms with Gasteiger partial charge < -0.3 is 15.3 Å². The molecule has 35 heavy (non-hydrogen) atoms. The van der Waals surface area contributed by atoms with Crippen molar-refractivity contribution >= 4 is 17.5 Å². The van der Waals surface area contributed by atoms with E-state index in [4.69, 9.17) is 11.6 Å². The highest BCUT2D eigenvalue weighted by molar-refractivity contribution is 6.30. The molecule has 0 saturated heterocycles. The Balaban J connectivity index is 1.70. The molecule has 0 aliphatic heterocycles. The molecular weight excluding hydrogens is 456 g/mol. The highest BCUT2D eigenvalue weighted by Crippen LogP contribution is 2.37. The van der Waals surface area contributed by atoms with E-state index in [2.05, 4.69) is 35.3 Å². The van der Waals surface area contributed by atoms with Crippen molar-refractivity contribution in [3.8, 4) is 0 Å². The lowest BCUT2D eigenvalue weighted by molar-refractivity contribution is 0.0621. The number of hydrogen-bond acceptors (Lipinski definition) is 3. The summed E-state index contributed by atoms with van der Waals surface area (Å²) >= 11 is 6.07. The van der Waals surface area contributed by atoms with Crippen molar-refractivity contribution < 1.29 is 9.90 Å². The minimum atomic E-state index is 0.144. The van der Waals surface area contributed by atoms with E-state index in [1.54, 1.807) is 0 Å². The molecule has 1 amide bonds. The number of nitrogens with zero attached hydrogens (tertiary/aromatic N) is 1. The molecule has 2 aromatic rings. The first-order chi connectivity index (χ1) is 17.1. The van der Waals surface area contributed by atoms with Crippen LogP contribution in [0.3, 0.4) is 0 Å². The number of halogens is 1. The number of carbonyl (C=O) groups is 1. The number of unbranched alkanes of at least 4 members (excludes halogenated alkanes) is 3. The zero-order chi connectivity index (χ0) is 25.0. The fourth-order valence-corrected chi connectivity index (χ4v) is 5.58. The van der Waals surface area contributed by atoms with Gasteiger partial charge in [0, 0.05) is 36.3 Å². The summed E-state index contributed by atoms with van der Waals surface area (Å²) in [7, 11) is 2.00. The van der Waals surface area contributed by atoms with Crippen LogP contribution in [0.5, 0.6) is 0 Å². The molecule has 0 heterocycles. The van der Waals surface area contributed by atoms with Crippen molar-refractivity contribution in [2.45, 2.75) is 89.6 Å². The minimum Gasteiger partial charge on any atom is -0.396 e. The molecule has 0 spiro atoms. The average Bonchev–Trinajstić information content (AvgIpc) is 2.88. The van der Waals surface area contributed by atoms with Crippen molar-refractivity contribution in [3.05, 3.63) is 69.7 Å². The normalized spacial score (nSPS) is 17.9. The summed E-state index contributed by atoms with van der Waals surface area (Å²) in [4.78, 5) is 15.6. The first kappa shape index (κ1) is 27.7. The lowest BCUT2D eigenvalue weighted by atomic mass is 9.79. The number of aliphatic hydroxyl groups is 1. The predicted molar refractivity (Wildman–Crippen MR) is 146 cm³/mol. The van der Waals surface area contributed by atoms with Gasteiger partial charge in [-0.05, 0) is 98.9 Å². The van der Waals surface area contributed by atoms with Gasteiger partial charge in [0.1, 0.15) is 0 Å². The van der Waals surface area contributed by atoms with Gasteiger partial charge in [-0.2, -0.15) is 0 Å². The van der Waals surface area contributed by atoms with Gasteiger partial charge in [-0.25, -0.2) is 0 Å². The van der Waals surface area contributed by atoms with Crippen LogP contribution in [0.15, 0.2) is 42.5 Å². The van der Waals surface area contributed by atoms with Gasteiger partial charge in [0.2, 0.25) is 0 Å². The summed E-state index contributed by atoms with van der Waals surface area (Å²) < 4.78 is 0. The van der Waals surface area contributed by atoms with Gasteiger partial charge in [-0.3, -0.25) is 4.79 Å². The van der Waals surface area contributed by atoms with Crippen LogP contribution in [0.25, 0.3) is 0 Å². The summed E-state index contributed by atoms with van der Waals surface area (Å²) in [6, 6.07) is 14.5. The van der Waals surface area contributed by atoms with Gasteiger partial charge >= 0.3 is 0 Å². The van der Waals surface area contributed by atoms with Gasteiger partial charge in [-0.1, -0.05) is 56.0 Å². The van der Waals surface area contributed by atoms with Crippen molar-refractivity contribution in [1.29, 1.82) is 0 Å². The molecular formula is C30H43ClN2O2. The number of amides is 1. The van der Waals surface area contributed by atoms with Gasteiger partial charge in [0.25, 0.3) is 5.91 Å². The molecule has 2 aromatic carbocycles. The molecule has 0 bridgehead atoms. The van der Waals surface area contributed by atoms with Crippen LogP contribution < -0.4 is 5.32 Å². The molecule has 1 fully saturated rings. The summed E-state index contributed by atoms with van der Waals surface area (Å²) in [6.07, 6.45) is 10.7. The van der Waals surface area contributed by atoms with Crippen LogP contribution in [-0.2, 0) is 13.0 Å². The van der Waals surface area contributed by atoms with E-state index in [1.165, 1.54) is 36.0 Å². The smallest absolute Gasteiger partial charge is 0.254 e. The van der Waals surface area contributed by atoms with Gasteiger partial charge in [0.05, 0.1) is 0 Å². The van der Waals surface area contributed by atoms with Crippen LogP contribution in [0.1, 0.15) is 97.7 Å². The highest BCUT2D eigenvalue weighted by atomic mass is 35.5. The van der Waals surface area contributed by atoms with E-state index in [0.29, 0.717) is 17.0 Å². The van der Waals surface area contributed by atoms with Crippen LogP contribution in [-0.4, -0.2) is 42.2 Å². The van der Waals surface area contributed by atoms with E-state index in [0.717, 1.165) is 63.6 Å². The number of rotatable bonds is 13. The Bertz CT molecular complexity index is 907. The van der Waals surface area contributed by atoms with Crippen molar-refractivity contribution in [1.82, 2.24) is 10.2 Å². The van der Waals surface area contributed by atoms with Crippen molar-refractivity contribution in [2.24, 2.45) is 0 Å². The minimum absolute atomic E-state index is 0.144. The summed E-state index contributed by atoms with van der Waals surface area (Å²) in [5.74, 6) is 0.680. The van der Waals surface area contributed by atoms with Gasteiger partial charge in [-0.15, -0.1) is 0 Å². The maximum atomic E-state index is 13.5. The number of nitrogens with one attached hydrogen (secondary N) is 1. The number of aliphatic hydroxyl groups excluding tert-OH is 1. The average molecular weight is 499 g/mol. The van der Waals surface area contributed by atoms with Crippen LogP contribution in [0.4, 0.5) is 0 Å². The molecule has 0 unspecified atom stereocenters. The molecule has 2 N–H and O–H groups in total. The van der Waals surface area contributed by atoms with Crippen LogP contribution in [0, 0.1) is 0 Å². The number of carbonyl (C=O) groups excluding carboxylic acids is 1. The molecule has 0 radical (unpaired) electrons. The second kappa shape index (κ2) is 14.6. The third kappa shape index (κ3) is 8.06. The fraction of sp³-hybridized carbons (Fsp3) is 0.567. The Hall–Kier alpha value is -1.88. The SMILES string of the molecule is CCCCCCN(C(=O)c1ccc(Cl)cc1)C1CCC(c2ccc(CCCO)cc2CNC)CC1. The molecule has 192 valence electrons.